The van der Waals surface area contributed by atoms with E-state index >= 15 is 0 Å². The molecule has 1 fully saturated rings. The third kappa shape index (κ3) is 4.87. The summed E-state index contributed by atoms with van der Waals surface area (Å²) in [6, 6.07) is 7.30. The van der Waals surface area contributed by atoms with Crippen molar-refractivity contribution in [2.75, 3.05) is 26.8 Å². The van der Waals surface area contributed by atoms with E-state index in [1.807, 2.05) is 19.1 Å². The van der Waals surface area contributed by atoms with Gasteiger partial charge in [-0.1, -0.05) is 19.1 Å². The highest BCUT2D eigenvalue weighted by atomic mass is 16.5. The molecule has 0 spiro atoms. The van der Waals surface area contributed by atoms with Gasteiger partial charge >= 0.3 is 5.97 Å². The van der Waals surface area contributed by atoms with Gasteiger partial charge in [0.25, 0.3) is 5.91 Å². The van der Waals surface area contributed by atoms with E-state index < -0.39 is 6.10 Å². The maximum atomic E-state index is 12.8. The molecule has 25 heavy (non-hydrogen) atoms. The molecule has 1 aliphatic heterocycles. The highest BCUT2D eigenvalue weighted by Gasteiger charge is 2.32. The molecule has 2 rings (SSSR count). The number of ether oxygens (including phenoxy) is 3. The van der Waals surface area contributed by atoms with Crippen LogP contribution in [0.3, 0.4) is 0 Å². The summed E-state index contributed by atoms with van der Waals surface area (Å²) in [6.07, 6.45) is 1.27. The molecule has 6 heteroatoms. The number of carbonyl (C=O) groups is 2. The molecular formula is C19H27NO5. The lowest BCUT2D eigenvalue weighted by atomic mass is 9.96. The van der Waals surface area contributed by atoms with Crippen molar-refractivity contribution in [2.45, 2.75) is 39.2 Å². The number of piperidine rings is 1. The molecule has 0 bridgehead atoms. The van der Waals surface area contributed by atoms with Crippen molar-refractivity contribution in [2.24, 2.45) is 5.92 Å². The minimum atomic E-state index is -0.560. The molecule has 1 aromatic carbocycles. The normalized spacial score (nSPS) is 16.2. The molecule has 1 atom stereocenters. The monoisotopic (exact) mass is 349 g/mol. The van der Waals surface area contributed by atoms with Crippen LogP contribution in [0.15, 0.2) is 24.3 Å². The van der Waals surface area contributed by atoms with E-state index in [9.17, 15) is 9.59 Å². The SMILES string of the molecule is CCOC(=O)C1CCN(C(=O)[C@@H](CC)Oc2ccccc2OC)CC1. The Labute approximate surface area is 149 Å². The van der Waals surface area contributed by atoms with Crippen molar-refractivity contribution in [3.8, 4) is 11.5 Å². The van der Waals surface area contributed by atoms with Gasteiger partial charge < -0.3 is 19.1 Å². The molecule has 1 amide bonds. The van der Waals surface area contributed by atoms with Crippen LogP contribution < -0.4 is 9.47 Å². The lowest BCUT2D eigenvalue weighted by Gasteiger charge is -2.33. The summed E-state index contributed by atoms with van der Waals surface area (Å²) in [4.78, 5) is 26.4. The Kier molecular flexibility index (Phi) is 7.10. The van der Waals surface area contributed by atoms with E-state index in [2.05, 4.69) is 0 Å². The zero-order valence-electron chi connectivity index (χ0n) is 15.2. The summed E-state index contributed by atoms with van der Waals surface area (Å²) >= 11 is 0. The molecular weight excluding hydrogens is 322 g/mol. The number of esters is 1. The number of methoxy groups -OCH3 is 1. The van der Waals surface area contributed by atoms with Crippen molar-refractivity contribution in [3.05, 3.63) is 24.3 Å². The number of hydrogen-bond acceptors (Lipinski definition) is 5. The number of carbonyl (C=O) groups excluding carboxylic acids is 2. The first-order chi connectivity index (χ1) is 12.1. The fraction of sp³-hybridized carbons (Fsp3) is 0.579. The van der Waals surface area contributed by atoms with Crippen LogP contribution in [-0.4, -0.2) is 49.7 Å². The Morgan fingerprint density at radius 1 is 1.16 bits per heavy atom. The van der Waals surface area contributed by atoms with Crippen LogP contribution in [-0.2, 0) is 14.3 Å². The van der Waals surface area contributed by atoms with E-state index in [-0.39, 0.29) is 17.8 Å². The molecule has 1 aromatic rings. The van der Waals surface area contributed by atoms with Crippen LogP contribution in [0.25, 0.3) is 0 Å². The summed E-state index contributed by atoms with van der Waals surface area (Å²) in [6.45, 7) is 5.21. The molecule has 0 unspecified atom stereocenters. The predicted octanol–water partition coefficient (Wildman–Crippen LogP) is 2.65. The molecule has 6 nitrogen and oxygen atoms in total. The summed E-state index contributed by atoms with van der Waals surface area (Å²) in [5.74, 6) is 0.850. The topological polar surface area (TPSA) is 65.1 Å². The summed E-state index contributed by atoms with van der Waals surface area (Å²) < 4.78 is 16.3. The minimum absolute atomic E-state index is 0.0456. The number of amides is 1. The first-order valence-electron chi connectivity index (χ1n) is 8.85. The summed E-state index contributed by atoms with van der Waals surface area (Å²) in [5, 5.41) is 0. The Balaban J connectivity index is 1.95. The first-order valence-corrected chi connectivity index (χ1v) is 8.85. The Morgan fingerprint density at radius 2 is 1.80 bits per heavy atom. The number of rotatable bonds is 7. The Hall–Kier alpha value is -2.24. The standard InChI is InChI=1S/C19H27NO5/c1-4-15(25-17-9-7-6-8-16(17)23-3)18(21)20-12-10-14(11-13-20)19(22)24-5-2/h6-9,14-15H,4-5,10-13H2,1-3H3/t15-/m1/s1. The van der Waals surface area contributed by atoms with Crippen molar-refractivity contribution in [1.29, 1.82) is 0 Å². The van der Waals surface area contributed by atoms with Gasteiger partial charge in [-0.25, -0.2) is 0 Å². The van der Waals surface area contributed by atoms with Crippen LogP contribution in [0.1, 0.15) is 33.1 Å². The third-order valence-electron chi connectivity index (χ3n) is 4.41. The molecule has 138 valence electrons. The molecule has 0 saturated carbocycles. The second kappa shape index (κ2) is 9.30. The zero-order chi connectivity index (χ0) is 18.2. The van der Waals surface area contributed by atoms with Crippen molar-refractivity contribution < 1.29 is 23.8 Å². The van der Waals surface area contributed by atoms with Crippen LogP contribution in [0.2, 0.25) is 0 Å². The number of para-hydroxylation sites is 2. The fourth-order valence-electron chi connectivity index (χ4n) is 2.98. The van der Waals surface area contributed by atoms with Crippen LogP contribution in [0.5, 0.6) is 11.5 Å². The van der Waals surface area contributed by atoms with Gasteiger partial charge in [0.2, 0.25) is 0 Å². The van der Waals surface area contributed by atoms with Crippen molar-refractivity contribution in [3.63, 3.8) is 0 Å². The smallest absolute Gasteiger partial charge is 0.309 e. The number of nitrogens with zero attached hydrogens (tertiary/aromatic N) is 1. The average molecular weight is 349 g/mol. The quantitative estimate of drug-likeness (QED) is 0.708. The van der Waals surface area contributed by atoms with Gasteiger partial charge in [-0.15, -0.1) is 0 Å². The fourth-order valence-corrected chi connectivity index (χ4v) is 2.98. The molecule has 0 N–H and O–H groups in total. The largest absolute Gasteiger partial charge is 0.493 e. The van der Waals surface area contributed by atoms with Gasteiger partial charge in [0, 0.05) is 13.1 Å². The van der Waals surface area contributed by atoms with E-state index in [0.29, 0.717) is 50.5 Å². The Bertz CT molecular complexity index is 581. The minimum Gasteiger partial charge on any atom is -0.493 e. The third-order valence-corrected chi connectivity index (χ3v) is 4.41. The average Bonchev–Trinajstić information content (AvgIpc) is 2.66. The highest BCUT2D eigenvalue weighted by Crippen LogP contribution is 2.28. The first kappa shape index (κ1) is 19.1. The van der Waals surface area contributed by atoms with Crippen molar-refractivity contribution in [1.82, 2.24) is 4.90 Å². The molecule has 0 aliphatic carbocycles. The maximum Gasteiger partial charge on any atom is 0.309 e. The van der Waals surface area contributed by atoms with Gasteiger partial charge in [-0.3, -0.25) is 9.59 Å². The van der Waals surface area contributed by atoms with E-state index in [1.165, 1.54) is 0 Å². The molecule has 0 radical (unpaired) electrons. The van der Waals surface area contributed by atoms with Gasteiger partial charge in [-0.05, 0) is 38.3 Å². The number of hydrogen-bond donors (Lipinski definition) is 0. The van der Waals surface area contributed by atoms with Gasteiger partial charge in [-0.2, -0.15) is 0 Å². The summed E-state index contributed by atoms with van der Waals surface area (Å²) in [5.41, 5.74) is 0. The van der Waals surface area contributed by atoms with Crippen molar-refractivity contribution >= 4 is 11.9 Å². The Morgan fingerprint density at radius 3 is 2.36 bits per heavy atom. The highest BCUT2D eigenvalue weighted by molar-refractivity contribution is 5.82. The molecule has 1 saturated heterocycles. The lowest BCUT2D eigenvalue weighted by Crippen LogP contribution is -2.46. The summed E-state index contributed by atoms with van der Waals surface area (Å²) in [7, 11) is 1.57. The van der Waals surface area contributed by atoms with Crippen LogP contribution in [0.4, 0.5) is 0 Å². The van der Waals surface area contributed by atoms with Gasteiger partial charge in [0.1, 0.15) is 0 Å². The molecule has 1 aliphatic rings. The van der Waals surface area contributed by atoms with E-state index in [4.69, 9.17) is 14.2 Å². The maximum absolute atomic E-state index is 12.8. The van der Waals surface area contributed by atoms with Gasteiger partial charge in [0.15, 0.2) is 17.6 Å². The molecule has 0 aromatic heterocycles. The van der Waals surface area contributed by atoms with Crippen LogP contribution in [0, 0.1) is 5.92 Å². The van der Waals surface area contributed by atoms with E-state index in [0.717, 1.165) is 0 Å². The van der Waals surface area contributed by atoms with Gasteiger partial charge in [0.05, 0.1) is 19.6 Å². The zero-order valence-corrected chi connectivity index (χ0v) is 15.2. The number of likely N-dealkylation sites (tertiary alicyclic amines) is 1. The second-order valence-electron chi connectivity index (χ2n) is 6.02. The second-order valence-corrected chi connectivity index (χ2v) is 6.02. The van der Waals surface area contributed by atoms with E-state index in [1.54, 1.807) is 31.1 Å². The van der Waals surface area contributed by atoms with Crippen LogP contribution >= 0.6 is 0 Å². The predicted molar refractivity (Wildman–Crippen MR) is 93.6 cm³/mol. The lowest BCUT2D eigenvalue weighted by molar-refractivity contribution is -0.152. The molecule has 1 heterocycles. The number of benzene rings is 1.